The van der Waals surface area contributed by atoms with Gasteiger partial charge in [0, 0.05) is 25.6 Å². The lowest BCUT2D eigenvalue weighted by molar-refractivity contribution is 0.145. The van der Waals surface area contributed by atoms with Crippen molar-refractivity contribution in [2.45, 2.75) is 31.6 Å². The van der Waals surface area contributed by atoms with Gasteiger partial charge in [-0.15, -0.1) is 0 Å². The summed E-state index contributed by atoms with van der Waals surface area (Å²) in [5.74, 6) is 0.758. The van der Waals surface area contributed by atoms with E-state index in [2.05, 4.69) is 35.2 Å². The summed E-state index contributed by atoms with van der Waals surface area (Å²) in [6.07, 6.45) is 4.67. The summed E-state index contributed by atoms with van der Waals surface area (Å²) >= 11 is 0. The molecule has 0 spiro atoms. The van der Waals surface area contributed by atoms with Gasteiger partial charge in [0.05, 0.1) is 0 Å². The Kier molecular flexibility index (Phi) is 5.02. The van der Waals surface area contributed by atoms with Gasteiger partial charge in [0.25, 0.3) is 0 Å². The number of hydrogen-bond acceptors (Lipinski definition) is 2. The Hall–Kier alpha value is -0.860. The van der Waals surface area contributed by atoms with E-state index in [-0.39, 0.29) is 0 Å². The van der Waals surface area contributed by atoms with Gasteiger partial charge in [0.15, 0.2) is 0 Å². The summed E-state index contributed by atoms with van der Waals surface area (Å²) in [6, 6.07) is 10.8. The van der Waals surface area contributed by atoms with Gasteiger partial charge in [-0.05, 0) is 24.9 Å². The van der Waals surface area contributed by atoms with Crippen LogP contribution in [0.3, 0.4) is 0 Å². The third kappa shape index (κ3) is 3.83. The molecule has 94 valence electrons. The number of nitrogens with zero attached hydrogens (tertiary/aromatic N) is 1. The molecule has 1 aromatic carbocycles. The van der Waals surface area contributed by atoms with E-state index in [1.54, 1.807) is 0 Å². The van der Waals surface area contributed by atoms with Crippen molar-refractivity contribution in [3.8, 4) is 0 Å². The smallest absolute Gasteiger partial charge is 0.0431 e. The van der Waals surface area contributed by atoms with Crippen LogP contribution in [0.1, 0.15) is 37.2 Å². The molecule has 0 unspecified atom stereocenters. The zero-order valence-corrected chi connectivity index (χ0v) is 10.5. The van der Waals surface area contributed by atoms with Crippen LogP contribution < -0.4 is 0 Å². The summed E-state index contributed by atoms with van der Waals surface area (Å²) in [6.45, 7) is 4.03. The molecule has 1 N–H and O–H groups in total. The lowest BCUT2D eigenvalue weighted by Gasteiger charge is -2.39. The molecule has 1 aliphatic heterocycles. The second kappa shape index (κ2) is 6.77. The van der Waals surface area contributed by atoms with Gasteiger partial charge in [0.2, 0.25) is 0 Å². The molecule has 2 nitrogen and oxygen atoms in total. The van der Waals surface area contributed by atoms with Gasteiger partial charge in [-0.1, -0.05) is 43.2 Å². The van der Waals surface area contributed by atoms with Crippen LogP contribution in [-0.2, 0) is 0 Å². The first-order valence-electron chi connectivity index (χ1n) is 6.78. The third-order valence-corrected chi connectivity index (χ3v) is 3.61. The molecule has 17 heavy (non-hydrogen) atoms. The zero-order valence-electron chi connectivity index (χ0n) is 10.5. The van der Waals surface area contributed by atoms with E-state index < -0.39 is 0 Å². The van der Waals surface area contributed by atoms with Crippen LogP contribution in [0.15, 0.2) is 30.3 Å². The second-order valence-electron chi connectivity index (χ2n) is 5.01. The van der Waals surface area contributed by atoms with Crippen LogP contribution in [-0.4, -0.2) is 36.2 Å². The number of aliphatic hydroxyl groups excluding tert-OH is 1. The molecule has 0 radical (unpaired) electrons. The van der Waals surface area contributed by atoms with Crippen LogP contribution in [0.2, 0.25) is 0 Å². The van der Waals surface area contributed by atoms with Gasteiger partial charge in [-0.3, -0.25) is 0 Å². The largest absolute Gasteiger partial charge is 0.396 e. The van der Waals surface area contributed by atoms with E-state index >= 15 is 0 Å². The van der Waals surface area contributed by atoms with E-state index in [0.29, 0.717) is 6.61 Å². The van der Waals surface area contributed by atoms with Gasteiger partial charge in [-0.25, -0.2) is 0 Å². The van der Waals surface area contributed by atoms with Gasteiger partial charge in [-0.2, -0.15) is 0 Å². The summed E-state index contributed by atoms with van der Waals surface area (Å²) in [5, 5.41) is 8.68. The number of likely N-dealkylation sites (tertiary alicyclic amines) is 1. The Labute approximate surface area is 104 Å². The van der Waals surface area contributed by atoms with E-state index in [1.165, 1.54) is 44.5 Å². The molecule has 1 fully saturated rings. The quantitative estimate of drug-likeness (QED) is 0.732. The Balaban J connectivity index is 1.57. The minimum Gasteiger partial charge on any atom is -0.396 e. The molecule has 1 heterocycles. The van der Waals surface area contributed by atoms with E-state index in [0.717, 1.165) is 12.3 Å². The molecular weight excluding hydrogens is 210 g/mol. The van der Waals surface area contributed by atoms with Crippen LogP contribution in [0, 0.1) is 0 Å². The molecule has 0 bridgehead atoms. The molecule has 0 aromatic heterocycles. The minimum absolute atomic E-state index is 0.347. The molecule has 2 heteroatoms. The normalized spacial score (nSPS) is 17.0. The number of rotatable bonds is 7. The average molecular weight is 233 g/mol. The van der Waals surface area contributed by atoms with Crippen molar-refractivity contribution in [2.75, 3.05) is 26.2 Å². The first-order valence-corrected chi connectivity index (χ1v) is 6.78. The third-order valence-electron chi connectivity index (χ3n) is 3.61. The van der Waals surface area contributed by atoms with Crippen LogP contribution in [0.25, 0.3) is 0 Å². The SMILES string of the molecule is OCCCCCCN1CC(c2ccccc2)C1. The van der Waals surface area contributed by atoms with Crippen molar-refractivity contribution >= 4 is 0 Å². The summed E-state index contributed by atoms with van der Waals surface area (Å²) in [4.78, 5) is 2.54. The maximum atomic E-state index is 8.68. The van der Waals surface area contributed by atoms with Crippen molar-refractivity contribution in [2.24, 2.45) is 0 Å². The standard InChI is InChI=1S/C15H23NO/c17-11-7-2-1-6-10-16-12-15(13-16)14-8-4-3-5-9-14/h3-5,8-9,15,17H,1-2,6-7,10-13H2. The molecule has 2 rings (SSSR count). The second-order valence-corrected chi connectivity index (χ2v) is 5.01. The molecular formula is C15H23NO. The lowest BCUT2D eigenvalue weighted by atomic mass is 9.91. The Bertz CT molecular complexity index is 306. The molecule has 0 atom stereocenters. The molecule has 1 aliphatic rings. The minimum atomic E-state index is 0.347. The van der Waals surface area contributed by atoms with Crippen LogP contribution in [0.5, 0.6) is 0 Å². The van der Waals surface area contributed by atoms with Crippen LogP contribution in [0.4, 0.5) is 0 Å². The number of unbranched alkanes of at least 4 members (excludes halogenated alkanes) is 3. The highest BCUT2D eigenvalue weighted by Gasteiger charge is 2.26. The summed E-state index contributed by atoms with van der Waals surface area (Å²) in [7, 11) is 0. The highest BCUT2D eigenvalue weighted by Crippen LogP contribution is 2.26. The average Bonchev–Trinajstić information content (AvgIpc) is 2.32. The molecule has 1 aromatic rings. The van der Waals surface area contributed by atoms with Gasteiger partial charge < -0.3 is 10.0 Å². The van der Waals surface area contributed by atoms with E-state index in [1.807, 2.05) is 0 Å². The maximum Gasteiger partial charge on any atom is 0.0431 e. The maximum absolute atomic E-state index is 8.68. The monoisotopic (exact) mass is 233 g/mol. The number of aliphatic hydroxyl groups is 1. The van der Waals surface area contributed by atoms with Crippen molar-refractivity contribution in [1.82, 2.24) is 4.90 Å². The zero-order chi connectivity index (χ0) is 11.9. The van der Waals surface area contributed by atoms with Crippen molar-refractivity contribution < 1.29 is 5.11 Å². The highest BCUT2D eigenvalue weighted by molar-refractivity contribution is 5.22. The predicted octanol–water partition coefficient (Wildman–Crippen LogP) is 2.64. The van der Waals surface area contributed by atoms with Crippen molar-refractivity contribution in [3.63, 3.8) is 0 Å². The Morgan fingerprint density at radius 3 is 2.41 bits per heavy atom. The first-order chi connectivity index (χ1) is 8.40. The van der Waals surface area contributed by atoms with Gasteiger partial charge in [0.1, 0.15) is 0 Å². The molecule has 0 aliphatic carbocycles. The predicted molar refractivity (Wildman–Crippen MR) is 71.2 cm³/mol. The van der Waals surface area contributed by atoms with E-state index in [4.69, 9.17) is 5.11 Å². The fourth-order valence-electron chi connectivity index (χ4n) is 2.49. The summed E-state index contributed by atoms with van der Waals surface area (Å²) in [5.41, 5.74) is 1.49. The van der Waals surface area contributed by atoms with Crippen molar-refractivity contribution in [3.05, 3.63) is 35.9 Å². The Morgan fingerprint density at radius 2 is 1.71 bits per heavy atom. The Morgan fingerprint density at radius 1 is 1.00 bits per heavy atom. The fourth-order valence-corrected chi connectivity index (χ4v) is 2.49. The lowest BCUT2D eigenvalue weighted by Crippen LogP contribution is -2.45. The van der Waals surface area contributed by atoms with Crippen LogP contribution >= 0.6 is 0 Å². The summed E-state index contributed by atoms with van der Waals surface area (Å²) < 4.78 is 0. The van der Waals surface area contributed by atoms with Crippen molar-refractivity contribution in [1.29, 1.82) is 0 Å². The molecule has 0 amide bonds. The number of benzene rings is 1. The first kappa shape index (κ1) is 12.6. The highest BCUT2D eigenvalue weighted by atomic mass is 16.2. The molecule has 1 saturated heterocycles. The fraction of sp³-hybridized carbons (Fsp3) is 0.600. The molecule has 0 saturated carbocycles. The number of hydrogen-bond donors (Lipinski definition) is 1. The van der Waals surface area contributed by atoms with Gasteiger partial charge >= 0.3 is 0 Å². The topological polar surface area (TPSA) is 23.5 Å². The van der Waals surface area contributed by atoms with E-state index in [9.17, 15) is 0 Å².